The Hall–Kier alpha value is -1.40. The van der Waals surface area contributed by atoms with Gasteiger partial charge in [-0.25, -0.2) is 0 Å². The normalized spacial score (nSPS) is 19.4. The Labute approximate surface area is 126 Å². The van der Waals surface area contributed by atoms with Gasteiger partial charge in [-0.15, -0.1) is 5.10 Å². The molecule has 1 aliphatic rings. The van der Waals surface area contributed by atoms with Gasteiger partial charge >= 0.3 is 0 Å². The summed E-state index contributed by atoms with van der Waals surface area (Å²) in [6.45, 7) is 7.10. The monoisotopic (exact) mass is 335 g/mol. The number of aryl methyl sites for hydroxylation is 1. The van der Waals surface area contributed by atoms with Gasteiger partial charge in [0.1, 0.15) is 0 Å². The molecular formula is C14H18BrN5. The van der Waals surface area contributed by atoms with E-state index in [0.717, 1.165) is 41.4 Å². The van der Waals surface area contributed by atoms with E-state index in [2.05, 4.69) is 73.4 Å². The summed E-state index contributed by atoms with van der Waals surface area (Å²) in [6, 6.07) is 6.68. The highest BCUT2D eigenvalue weighted by molar-refractivity contribution is 9.10. The van der Waals surface area contributed by atoms with Gasteiger partial charge in [0.15, 0.2) is 5.82 Å². The van der Waals surface area contributed by atoms with Crippen molar-refractivity contribution < 1.29 is 0 Å². The molecule has 3 rings (SSSR count). The quantitative estimate of drug-likeness (QED) is 0.884. The number of anilines is 1. The molecule has 0 aliphatic carbocycles. The largest absolute Gasteiger partial charge is 0.337 e. The zero-order valence-corrected chi connectivity index (χ0v) is 13.2. The van der Waals surface area contributed by atoms with Crippen LogP contribution in [0.5, 0.6) is 0 Å². The second kappa shape index (κ2) is 5.54. The summed E-state index contributed by atoms with van der Waals surface area (Å²) >= 11 is 3.55. The predicted octanol–water partition coefficient (Wildman–Crippen LogP) is 2.34. The van der Waals surface area contributed by atoms with Gasteiger partial charge in [-0.3, -0.25) is 5.10 Å². The minimum atomic E-state index is 0.471. The third-order valence-electron chi connectivity index (χ3n) is 3.57. The molecule has 6 heteroatoms. The van der Waals surface area contributed by atoms with Gasteiger partial charge in [0.05, 0.1) is 0 Å². The van der Waals surface area contributed by atoms with Crippen LogP contribution in [0.2, 0.25) is 0 Å². The van der Waals surface area contributed by atoms with E-state index >= 15 is 0 Å². The van der Waals surface area contributed by atoms with Gasteiger partial charge < -0.3 is 10.2 Å². The first-order valence-electron chi connectivity index (χ1n) is 6.81. The van der Waals surface area contributed by atoms with E-state index < -0.39 is 0 Å². The number of hydrogen-bond acceptors (Lipinski definition) is 4. The van der Waals surface area contributed by atoms with E-state index in [-0.39, 0.29) is 0 Å². The van der Waals surface area contributed by atoms with Crippen molar-refractivity contribution in [1.82, 2.24) is 20.5 Å². The van der Waals surface area contributed by atoms with Gasteiger partial charge in [-0.2, -0.15) is 4.98 Å². The number of aromatic amines is 1. The number of rotatable bonds is 2. The van der Waals surface area contributed by atoms with Crippen LogP contribution < -0.4 is 10.2 Å². The highest BCUT2D eigenvalue weighted by atomic mass is 79.9. The van der Waals surface area contributed by atoms with E-state index in [0.29, 0.717) is 6.04 Å². The fraction of sp³-hybridized carbons (Fsp3) is 0.429. The first kappa shape index (κ1) is 13.6. The standard InChI is InChI=1S/C14H18BrN5/c1-9-3-4-11(7-12(9)15)13-17-14(19-18-13)20-6-5-16-10(2)8-20/h3-4,7,10,16H,5-6,8H2,1-2H3,(H,17,18,19). The number of nitrogens with one attached hydrogen (secondary N) is 2. The smallest absolute Gasteiger partial charge is 0.245 e. The maximum absolute atomic E-state index is 4.62. The maximum Gasteiger partial charge on any atom is 0.245 e. The minimum absolute atomic E-state index is 0.471. The lowest BCUT2D eigenvalue weighted by Gasteiger charge is -2.30. The van der Waals surface area contributed by atoms with Gasteiger partial charge in [0.2, 0.25) is 5.95 Å². The summed E-state index contributed by atoms with van der Waals surface area (Å²) in [5.74, 6) is 1.59. The number of nitrogens with zero attached hydrogens (tertiary/aromatic N) is 3. The molecular weight excluding hydrogens is 318 g/mol. The first-order valence-corrected chi connectivity index (χ1v) is 7.60. The van der Waals surface area contributed by atoms with Crippen LogP contribution in [-0.4, -0.2) is 40.9 Å². The Balaban J connectivity index is 1.84. The zero-order chi connectivity index (χ0) is 14.1. The topological polar surface area (TPSA) is 56.8 Å². The molecule has 1 unspecified atom stereocenters. The first-order chi connectivity index (χ1) is 9.63. The summed E-state index contributed by atoms with van der Waals surface area (Å²) < 4.78 is 1.09. The van der Waals surface area contributed by atoms with Crippen LogP contribution in [0.4, 0.5) is 5.95 Å². The van der Waals surface area contributed by atoms with E-state index in [1.807, 2.05) is 0 Å². The van der Waals surface area contributed by atoms with Gasteiger partial charge in [-0.1, -0.05) is 28.1 Å². The third-order valence-corrected chi connectivity index (χ3v) is 4.42. The number of H-pyrrole nitrogens is 1. The number of piperazine rings is 1. The van der Waals surface area contributed by atoms with Crippen molar-refractivity contribution in [3.05, 3.63) is 28.2 Å². The fourth-order valence-electron chi connectivity index (χ4n) is 2.38. The number of aromatic nitrogens is 3. The second-order valence-corrected chi connectivity index (χ2v) is 6.10. The average Bonchev–Trinajstić information content (AvgIpc) is 2.92. The number of hydrogen-bond donors (Lipinski definition) is 2. The van der Waals surface area contributed by atoms with E-state index in [1.165, 1.54) is 5.56 Å². The van der Waals surface area contributed by atoms with Crippen molar-refractivity contribution in [2.75, 3.05) is 24.5 Å². The van der Waals surface area contributed by atoms with Crippen LogP contribution >= 0.6 is 15.9 Å². The zero-order valence-electron chi connectivity index (χ0n) is 11.7. The Morgan fingerprint density at radius 1 is 1.40 bits per heavy atom. The molecule has 0 saturated carbocycles. The van der Waals surface area contributed by atoms with E-state index in [9.17, 15) is 0 Å². The van der Waals surface area contributed by atoms with Crippen molar-refractivity contribution >= 4 is 21.9 Å². The number of halogens is 1. The molecule has 0 spiro atoms. The van der Waals surface area contributed by atoms with Crippen LogP contribution in [0.25, 0.3) is 11.4 Å². The SMILES string of the molecule is Cc1ccc(-c2nc(N3CCNC(C)C3)n[nH]2)cc1Br. The molecule has 1 aliphatic heterocycles. The second-order valence-electron chi connectivity index (χ2n) is 5.25. The fourth-order valence-corrected chi connectivity index (χ4v) is 2.76. The molecule has 1 atom stereocenters. The summed E-state index contributed by atoms with van der Waals surface area (Å²) in [6.07, 6.45) is 0. The number of benzene rings is 1. The van der Waals surface area contributed by atoms with Crippen LogP contribution in [0.15, 0.2) is 22.7 Å². The average molecular weight is 336 g/mol. The van der Waals surface area contributed by atoms with Crippen LogP contribution in [0.1, 0.15) is 12.5 Å². The van der Waals surface area contributed by atoms with Gasteiger partial charge in [0.25, 0.3) is 0 Å². The summed E-state index contributed by atoms with van der Waals surface area (Å²) in [7, 11) is 0. The molecule has 2 N–H and O–H groups in total. The molecule has 20 heavy (non-hydrogen) atoms. The molecule has 1 aromatic carbocycles. The van der Waals surface area contributed by atoms with Crippen molar-refractivity contribution in [2.45, 2.75) is 19.9 Å². The Morgan fingerprint density at radius 2 is 2.25 bits per heavy atom. The molecule has 0 bridgehead atoms. The third kappa shape index (κ3) is 2.71. The highest BCUT2D eigenvalue weighted by Crippen LogP contribution is 2.24. The summed E-state index contributed by atoms with van der Waals surface area (Å²) in [5.41, 5.74) is 2.26. The van der Waals surface area contributed by atoms with E-state index in [1.54, 1.807) is 0 Å². The van der Waals surface area contributed by atoms with Crippen molar-refractivity contribution in [2.24, 2.45) is 0 Å². The van der Waals surface area contributed by atoms with Gasteiger partial charge in [0, 0.05) is 35.7 Å². The molecule has 1 aromatic heterocycles. The summed E-state index contributed by atoms with van der Waals surface area (Å²) in [5, 5.41) is 10.8. The lowest BCUT2D eigenvalue weighted by molar-refractivity contribution is 0.480. The molecule has 1 saturated heterocycles. The molecule has 5 nitrogen and oxygen atoms in total. The minimum Gasteiger partial charge on any atom is -0.337 e. The lowest BCUT2D eigenvalue weighted by atomic mass is 10.1. The van der Waals surface area contributed by atoms with Crippen molar-refractivity contribution in [3.63, 3.8) is 0 Å². The maximum atomic E-state index is 4.62. The highest BCUT2D eigenvalue weighted by Gasteiger charge is 2.19. The predicted molar refractivity (Wildman–Crippen MR) is 83.9 cm³/mol. The van der Waals surface area contributed by atoms with Crippen LogP contribution in [0, 0.1) is 6.92 Å². The van der Waals surface area contributed by atoms with Crippen molar-refractivity contribution in [1.29, 1.82) is 0 Å². The van der Waals surface area contributed by atoms with E-state index in [4.69, 9.17) is 0 Å². The van der Waals surface area contributed by atoms with Crippen LogP contribution in [-0.2, 0) is 0 Å². The lowest BCUT2D eigenvalue weighted by Crippen LogP contribution is -2.49. The van der Waals surface area contributed by atoms with Gasteiger partial charge in [-0.05, 0) is 25.5 Å². The molecule has 2 aromatic rings. The molecule has 1 fully saturated rings. The molecule has 106 valence electrons. The van der Waals surface area contributed by atoms with Crippen LogP contribution in [0.3, 0.4) is 0 Å². The molecule has 0 amide bonds. The summed E-state index contributed by atoms with van der Waals surface area (Å²) in [4.78, 5) is 6.83. The molecule has 0 radical (unpaired) electrons. The molecule has 2 heterocycles. The Morgan fingerprint density at radius 3 is 3.00 bits per heavy atom. The van der Waals surface area contributed by atoms with Crippen molar-refractivity contribution in [3.8, 4) is 11.4 Å². The Kier molecular flexibility index (Phi) is 3.76. The Bertz CT molecular complexity index is 609.